The minimum Gasteiger partial charge on any atom is -0.495 e. The average molecular weight is 395 g/mol. The summed E-state index contributed by atoms with van der Waals surface area (Å²) >= 11 is 0. The van der Waals surface area contributed by atoms with Crippen LogP contribution in [0.2, 0.25) is 0 Å². The number of hydrogen-bond acceptors (Lipinski definition) is 6. The first-order chi connectivity index (χ1) is 12.7. The summed E-state index contributed by atoms with van der Waals surface area (Å²) in [6, 6.07) is 8.14. The number of rotatable bonds is 8. The Bertz CT molecular complexity index is 911. The van der Waals surface area contributed by atoms with Gasteiger partial charge < -0.3 is 19.3 Å². The maximum absolute atomic E-state index is 12.7. The number of benzene rings is 2. The lowest BCUT2D eigenvalue weighted by molar-refractivity contribution is 0.181. The topological polar surface area (TPSA) is 94.1 Å². The van der Waals surface area contributed by atoms with E-state index in [2.05, 4.69) is 4.72 Å². The fraction of sp³-hybridized carbons (Fsp3) is 0.368. The molecule has 7 nitrogen and oxygen atoms in total. The Labute approximate surface area is 159 Å². The molecule has 0 saturated heterocycles. The molecule has 0 bridgehead atoms. The van der Waals surface area contributed by atoms with Gasteiger partial charge >= 0.3 is 0 Å². The summed E-state index contributed by atoms with van der Waals surface area (Å²) in [6.07, 6.45) is -1.06. The van der Waals surface area contributed by atoms with Crippen molar-refractivity contribution in [3.05, 3.63) is 47.0 Å². The quantitative estimate of drug-likeness (QED) is 0.713. The molecule has 2 N–H and O–H groups in total. The Kier molecular flexibility index (Phi) is 6.69. The first-order valence-electron chi connectivity index (χ1n) is 8.28. The van der Waals surface area contributed by atoms with Crippen LogP contribution in [-0.2, 0) is 10.0 Å². The van der Waals surface area contributed by atoms with Crippen LogP contribution in [0.15, 0.2) is 35.2 Å². The Morgan fingerprint density at radius 3 is 2.11 bits per heavy atom. The van der Waals surface area contributed by atoms with Crippen LogP contribution in [0.1, 0.15) is 22.8 Å². The van der Waals surface area contributed by atoms with Crippen LogP contribution in [0, 0.1) is 13.8 Å². The van der Waals surface area contributed by atoms with Gasteiger partial charge in [-0.05, 0) is 54.8 Å². The second kappa shape index (κ2) is 8.60. The number of aliphatic hydroxyl groups excluding tert-OH is 1. The van der Waals surface area contributed by atoms with Crippen molar-refractivity contribution >= 4 is 10.0 Å². The van der Waals surface area contributed by atoms with E-state index in [1.54, 1.807) is 30.3 Å². The summed E-state index contributed by atoms with van der Waals surface area (Å²) in [4.78, 5) is 0.0348. The molecule has 1 atom stereocenters. The van der Waals surface area contributed by atoms with Crippen molar-refractivity contribution in [2.24, 2.45) is 0 Å². The molecule has 0 aromatic heterocycles. The van der Waals surface area contributed by atoms with Gasteiger partial charge in [-0.1, -0.05) is 6.07 Å². The average Bonchev–Trinajstić information content (AvgIpc) is 2.67. The molecule has 27 heavy (non-hydrogen) atoms. The molecule has 0 heterocycles. The highest BCUT2D eigenvalue weighted by molar-refractivity contribution is 7.89. The summed E-state index contributed by atoms with van der Waals surface area (Å²) in [7, 11) is 0.555. The van der Waals surface area contributed by atoms with Crippen molar-refractivity contribution in [1.29, 1.82) is 0 Å². The zero-order chi connectivity index (χ0) is 20.2. The van der Waals surface area contributed by atoms with Crippen LogP contribution in [0.25, 0.3) is 0 Å². The molecular formula is C19H25NO6S. The SMILES string of the molecule is COc1ccc(C(O)CNS(=O)(=O)c2cc(C)c(C)cc2OC)cc1OC. The summed E-state index contributed by atoms with van der Waals surface area (Å²) in [6.45, 7) is 3.50. The van der Waals surface area contributed by atoms with Crippen LogP contribution < -0.4 is 18.9 Å². The second-order valence-corrected chi connectivity index (χ2v) is 7.80. The van der Waals surface area contributed by atoms with Gasteiger partial charge in [0, 0.05) is 6.54 Å². The number of methoxy groups -OCH3 is 3. The zero-order valence-corrected chi connectivity index (χ0v) is 16.9. The van der Waals surface area contributed by atoms with E-state index in [9.17, 15) is 13.5 Å². The van der Waals surface area contributed by atoms with E-state index in [0.29, 0.717) is 17.1 Å². The number of hydrogen-bond donors (Lipinski definition) is 2. The molecule has 2 aromatic rings. The molecule has 0 aliphatic heterocycles. The predicted octanol–water partition coefficient (Wildman–Crippen LogP) is 2.34. The third-order valence-corrected chi connectivity index (χ3v) is 5.77. The molecule has 0 saturated carbocycles. The molecule has 0 aliphatic rings. The first kappa shape index (κ1) is 21.0. The first-order valence-corrected chi connectivity index (χ1v) is 9.76. The molecule has 1 unspecified atom stereocenters. The van der Waals surface area contributed by atoms with Gasteiger partial charge in [0.1, 0.15) is 10.6 Å². The van der Waals surface area contributed by atoms with Gasteiger partial charge in [-0.25, -0.2) is 13.1 Å². The van der Waals surface area contributed by atoms with Crippen molar-refractivity contribution in [3.8, 4) is 17.2 Å². The lowest BCUT2D eigenvalue weighted by Gasteiger charge is -2.16. The highest BCUT2D eigenvalue weighted by atomic mass is 32.2. The Balaban J connectivity index is 2.21. The molecule has 2 rings (SSSR count). The lowest BCUT2D eigenvalue weighted by atomic mass is 10.1. The van der Waals surface area contributed by atoms with Gasteiger partial charge in [0.15, 0.2) is 11.5 Å². The molecule has 8 heteroatoms. The van der Waals surface area contributed by atoms with Gasteiger partial charge in [-0.3, -0.25) is 0 Å². The maximum atomic E-state index is 12.7. The summed E-state index contributed by atoms with van der Waals surface area (Å²) in [5.74, 6) is 1.23. The van der Waals surface area contributed by atoms with Crippen LogP contribution in [-0.4, -0.2) is 41.4 Å². The van der Waals surface area contributed by atoms with Gasteiger partial charge in [-0.2, -0.15) is 0 Å². The third-order valence-electron chi connectivity index (χ3n) is 4.33. The van der Waals surface area contributed by atoms with Crippen LogP contribution in [0.3, 0.4) is 0 Å². The van der Waals surface area contributed by atoms with Gasteiger partial charge in [0.05, 0.1) is 27.4 Å². The number of sulfonamides is 1. The zero-order valence-electron chi connectivity index (χ0n) is 16.1. The van der Waals surface area contributed by atoms with Crippen molar-refractivity contribution in [2.45, 2.75) is 24.8 Å². The van der Waals surface area contributed by atoms with Gasteiger partial charge in [0.25, 0.3) is 0 Å². The third kappa shape index (κ3) is 4.71. The summed E-state index contributed by atoms with van der Waals surface area (Å²) < 4.78 is 43.4. The summed E-state index contributed by atoms with van der Waals surface area (Å²) in [5, 5.41) is 10.4. The number of aryl methyl sites for hydroxylation is 2. The van der Waals surface area contributed by atoms with E-state index in [-0.39, 0.29) is 17.2 Å². The van der Waals surface area contributed by atoms with Crippen LogP contribution in [0.5, 0.6) is 17.2 Å². The molecule has 0 amide bonds. The van der Waals surface area contributed by atoms with E-state index in [1.807, 2.05) is 13.8 Å². The normalized spacial score (nSPS) is 12.5. The number of nitrogens with one attached hydrogen (secondary N) is 1. The van der Waals surface area contributed by atoms with E-state index < -0.39 is 16.1 Å². The molecule has 0 spiro atoms. The smallest absolute Gasteiger partial charge is 0.244 e. The molecule has 2 aromatic carbocycles. The van der Waals surface area contributed by atoms with Crippen LogP contribution >= 0.6 is 0 Å². The van der Waals surface area contributed by atoms with Crippen LogP contribution in [0.4, 0.5) is 0 Å². The minimum atomic E-state index is -3.86. The molecule has 0 radical (unpaired) electrons. The second-order valence-electron chi connectivity index (χ2n) is 6.07. The predicted molar refractivity (Wildman–Crippen MR) is 102 cm³/mol. The Morgan fingerprint density at radius 1 is 0.926 bits per heavy atom. The van der Waals surface area contributed by atoms with Gasteiger partial charge in [-0.15, -0.1) is 0 Å². The lowest BCUT2D eigenvalue weighted by Crippen LogP contribution is -2.29. The maximum Gasteiger partial charge on any atom is 0.244 e. The fourth-order valence-electron chi connectivity index (χ4n) is 2.58. The monoisotopic (exact) mass is 395 g/mol. The fourth-order valence-corrected chi connectivity index (χ4v) is 3.85. The molecule has 0 aliphatic carbocycles. The van der Waals surface area contributed by atoms with Gasteiger partial charge in [0.2, 0.25) is 10.0 Å². The van der Waals surface area contributed by atoms with Crippen molar-refractivity contribution < 1.29 is 27.7 Å². The molecular weight excluding hydrogens is 370 g/mol. The number of aliphatic hydroxyl groups is 1. The largest absolute Gasteiger partial charge is 0.495 e. The van der Waals surface area contributed by atoms with E-state index in [4.69, 9.17) is 14.2 Å². The van der Waals surface area contributed by atoms with Crippen molar-refractivity contribution in [1.82, 2.24) is 4.72 Å². The number of ether oxygens (including phenoxy) is 3. The molecule has 148 valence electrons. The van der Waals surface area contributed by atoms with Crippen molar-refractivity contribution in [2.75, 3.05) is 27.9 Å². The highest BCUT2D eigenvalue weighted by Gasteiger charge is 2.22. The summed E-state index contributed by atoms with van der Waals surface area (Å²) in [5.41, 5.74) is 2.26. The highest BCUT2D eigenvalue weighted by Crippen LogP contribution is 2.30. The standard InChI is InChI=1S/C19H25NO6S/c1-12-8-18(26-5)19(9-13(12)2)27(22,23)20-11-15(21)14-6-7-16(24-3)17(10-14)25-4/h6-10,15,20-21H,11H2,1-5H3. The van der Waals surface area contributed by atoms with E-state index >= 15 is 0 Å². The Morgan fingerprint density at radius 2 is 1.52 bits per heavy atom. The van der Waals surface area contributed by atoms with E-state index in [0.717, 1.165) is 11.1 Å². The van der Waals surface area contributed by atoms with Crippen molar-refractivity contribution in [3.63, 3.8) is 0 Å². The molecule has 0 fully saturated rings. The Hall–Kier alpha value is -2.29. The van der Waals surface area contributed by atoms with E-state index in [1.165, 1.54) is 21.3 Å². The minimum absolute atomic E-state index is 0.0348.